The van der Waals surface area contributed by atoms with Crippen LogP contribution >= 0.6 is 0 Å². The van der Waals surface area contributed by atoms with Crippen LogP contribution in [0, 0.1) is 20.2 Å². The Balaban J connectivity index is 2.18. The summed E-state index contributed by atoms with van der Waals surface area (Å²) in [6.07, 6.45) is 3.42. The maximum Gasteiger partial charge on any atom is 0.243 e. The zero-order chi connectivity index (χ0) is 15.3. The minimum atomic E-state index is 1.19. The van der Waals surface area contributed by atoms with E-state index in [2.05, 4.69) is 83.9 Å². The van der Waals surface area contributed by atoms with Gasteiger partial charge in [0.1, 0.15) is 0 Å². The van der Waals surface area contributed by atoms with Crippen LogP contribution in [0.3, 0.4) is 0 Å². The molecular formula is C20H18N2. The largest absolute Gasteiger partial charge is 0.323 e. The van der Waals surface area contributed by atoms with Crippen LogP contribution in [-0.4, -0.2) is 4.57 Å². The summed E-state index contributed by atoms with van der Waals surface area (Å²) in [7, 11) is 2.04. The first-order chi connectivity index (χ1) is 10.7. The molecule has 1 heterocycles. The molecule has 0 saturated heterocycles. The van der Waals surface area contributed by atoms with Gasteiger partial charge in [0.05, 0.1) is 12.7 Å². The lowest BCUT2D eigenvalue weighted by atomic mass is 10.00. The second-order valence-corrected chi connectivity index (χ2v) is 5.83. The Morgan fingerprint density at radius 3 is 2.18 bits per heavy atom. The molecule has 4 rings (SSSR count). The van der Waals surface area contributed by atoms with Crippen molar-refractivity contribution in [3.05, 3.63) is 72.3 Å². The van der Waals surface area contributed by atoms with E-state index in [-0.39, 0.29) is 0 Å². The Bertz CT molecular complexity index is 1010. The van der Waals surface area contributed by atoms with Gasteiger partial charge in [-0.05, 0) is 41.5 Å². The van der Waals surface area contributed by atoms with Crippen LogP contribution in [0.2, 0.25) is 0 Å². The van der Waals surface area contributed by atoms with Crippen LogP contribution in [0.1, 0.15) is 11.4 Å². The minimum absolute atomic E-state index is 1.19. The number of hydrogen-bond acceptors (Lipinski definition) is 0. The third-order valence-corrected chi connectivity index (χ3v) is 4.60. The highest BCUT2D eigenvalue weighted by Crippen LogP contribution is 2.31. The molecule has 2 nitrogen and oxygen atoms in total. The van der Waals surface area contributed by atoms with Crippen molar-refractivity contribution >= 4 is 21.5 Å². The fourth-order valence-electron chi connectivity index (χ4n) is 3.16. The van der Waals surface area contributed by atoms with E-state index in [0.29, 0.717) is 0 Å². The van der Waals surface area contributed by atoms with Crippen LogP contribution < -0.4 is 4.57 Å². The number of aromatic nitrogens is 2. The van der Waals surface area contributed by atoms with Crippen LogP contribution in [0.25, 0.3) is 27.2 Å². The number of imidazole rings is 1. The summed E-state index contributed by atoms with van der Waals surface area (Å²) in [5.41, 5.74) is 3.65. The molecule has 3 aromatic carbocycles. The van der Waals surface area contributed by atoms with E-state index < -0.39 is 0 Å². The first-order valence-corrected chi connectivity index (χ1v) is 7.55. The zero-order valence-electron chi connectivity index (χ0n) is 13.1. The van der Waals surface area contributed by atoms with Gasteiger partial charge in [0.25, 0.3) is 0 Å². The van der Waals surface area contributed by atoms with E-state index in [9.17, 15) is 0 Å². The molecule has 2 heteroatoms. The van der Waals surface area contributed by atoms with Crippen molar-refractivity contribution in [2.75, 3.05) is 0 Å². The maximum atomic E-state index is 3.42. The van der Waals surface area contributed by atoms with E-state index in [1.807, 2.05) is 7.05 Å². The monoisotopic (exact) mass is 286 g/mol. The van der Waals surface area contributed by atoms with Gasteiger partial charge in [0, 0.05) is 11.4 Å². The van der Waals surface area contributed by atoms with Gasteiger partial charge in [-0.15, -0.1) is 0 Å². The molecule has 0 bridgehead atoms. The topological polar surface area (TPSA) is 8.81 Å². The maximum absolute atomic E-state index is 3.42. The Kier molecular flexibility index (Phi) is 2.80. The normalized spacial score (nSPS) is 11.4. The number of hydrogen-bond donors (Lipinski definition) is 0. The predicted octanol–water partition coefficient (Wildman–Crippen LogP) is 4.03. The van der Waals surface area contributed by atoms with E-state index in [0.717, 1.165) is 0 Å². The third-order valence-electron chi connectivity index (χ3n) is 4.60. The molecular weight excluding hydrogens is 268 g/mol. The van der Waals surface area contributed by atoms with Crippen LogP contribution in [0.15, 0.2) is 54.6 Å². The molecule has 0 spiro atoms. The third kappa shape index (κ3) is 1.77. The lowest BCUT2D eigenvalue weighted by molar-refractivity contribution is -0.681. The molecule has 0 aliphatic heterocycles. The van der Waals surface area contributed by atoms with Crippen molar-refractivity contribution in [3.63, 3.8) is 0 Å². The molecule has 22 heavy (non-hydrogen) atoms. The van der Waals surface area contributed by atoms with Gasteiger partial charge in [-0.2, -0.15) is 0 Å². The zero-order valence-corrected chi connectivity index (χ0v) is 13.1. The number of aryl methyl sites for hydroxylation is 1. The average Bonchev–Trinajstić information content (AvgIpc) is 2.81. The van der Waals surface area contributed by atoms with Crippen LogP contribution in [-0.2, 0) is 7.05 Å². The summed E-state index contributed by atoms with van der Waals surface area (Å²) < 4.78 is 4.23. The molecule has 1 aromatic heterocycles. The second kappa shape index (κ2) is 4.70. The van der Waals surface area contributed by atoms with E-state index in [1.54, 1.807) is 0 Å². The fourth-order valence-corrected chi connectivity index (χ4v) is 3.16. The number of fused-ring (bicyclic) bond motifs is 3. The van der Waals surface area contributed by atoms with Crippen molar-refractivity contribution < 1.29 is 4.57 Å². The molecule has 0 atom stereocenters. The summed E-state index contributed by atoms with van der Waals surface area (Å²) in [5.74, 6) is 0. The molecule has 0 N–H and O–H groups in total. The molecule has 0 radical (unpaired) electrons. The van der Waals surface area contributed by atoms with Crippen LogP contribution in [0.5, 0.6) is 0 Å². The van der Waals surface area contributed by atoms with Crippen molar-refractivity contribution in [2.24, 2.45) is 7.05 Å². The van der Waals surface area contributed by atoms with E-state index in [4.69, 9.17) is 0 Å². The summed E-state index contributed by atoms with van der Waals surface area (Å²) in [5, 5.41) is 5.11. The lowest BCUT2D eigenvalue weighted by Gasteiger charge is -2.13. The molecule has 108 valence electrons. The average molecular weight is 286 g/mol. The molecule has 0 amide bonds. The summed E-state index contributed by atoms with van der Waals surface area (Å²) in [4.78, 5) is 0. The Morgan fingerprint density at radius 2 is 1.50 bits per heavy atom. The first-order valence-electron chi connectivity index (χ1n) is 7.55. The molecule has 0 fully saturated rings. The Hall–Kier alpha value is -2.61. The van der Waals surface area contributed by atoms with Gasteiger partial charge in [-0.25, -0.2) is 0 Å². The molecule has 0 unspecified atom stereocenters. The van der Waals surface area contributed by atoms with Gasteiger partial charge in [0.15, 0.2) is 0 Å². The van der Waals surface area contributed by atoms with Gasteiger partial charge < -0.3 is 9.13 Å². The molecule has 0 saturated carbocycles. The highest BCUT2D eigenvalue weighted by atomic mass is 15.1. The molecule has 0 aliphatic carbocycles. The lowest BCUT2D eigenvalue weighted by Crippen LogP contribution is -2.29. The van der Waals surface area contributed by atoms with Crippen molar-refractivity contribution in [1.82, 2.24) is 4.57 Å². The Morgan fingerprint density at radius 1 is 0.864 bits per heavy atom. The van der Waals surface area contributed by atoms with E-state index >= 15 is 0 Å². The summed E-state index contributed by atoms with van der Waals surface area (Å²) in [6, 6.07) is 19.4. The second-order valence-electron chi connectivity index (χ2n) is 5.83. The highest BCUT2D eigenvalue weighted by Gasteiger charge is 2.11. The Labute approximate surface area is 130 Å². The SMILES string of the molecule is Cc1c(C)[n+](C)[c-]n1-c1cc2ccccc2c2ccccc12. The molecule has 4 aromatic rings. The van der Waals surface area contributed by atoms with Crippen molar-refractivity contribution in [2.45, 2.75) is 13.8 Å². The minimum Gasteiger partial charge on any atom is -0.323 e. The first kappa shape index (κ1) is 13.1. The van der Waals surface area contributed by atoms with Gasteiger partial charge in [-0.1, -0.05) is 48.5 Å². The van der Waals surface area contributed by atoms with Crippen molar-refractivity contribution in [3.8, 4) is 5.69 Å². The molecule has 0 aliphatic rings. The summed E-state index contributed by atoms with van der Waals surface area (Å²) >= 11 is 0. The summed E-state index contributed by atoms with van der Waals surface area (Å²) in [6.45, 7) is 4.28. The van der Waals surface area contributed by atoms with Gasteiger partial charge in [-0.3, -0.25) is 0 Å². The predicted molar refractivity (Wildman–Crippen MR) is 90.3 cm³/mol. The number of rotatable bonds is 1. The van der Waals surface area contributed by atoms with E-state index in [1.165, 1.54) is 38.6 Å². The number of benzene rings is 3. The fraction of sp³-hybridized carbons (Fsp3) is 0.150. The van der Waals surface area contributed by atoms with Crippen molar-refractivity contribution in [1.29, 1.82) is 0 Å². The quantitative estimate of drug-likeness (QED) is 0.284. The van der Waals surface area contributed by atoms with Gasteiger partial charge in [0.2, 0.25) is 6.33 Å². The smallest absolute Gasteiger partial charge is 0.243 e. The highest BCUT2D eigenvalue weighted by molar-refractivity contribution is 6.11. The number of nitrogens with zero attached hydrogens (tertiary/aromatic N) is 2. The standard InChI is InChI=1S/C20H18N2/c1-14-15(2)22(13-21(14)3)20-12-16-8-4-5-9-17(16)18-10-6-7-11-19(18)20/h4-12H,1-3H3. The van der Waals surface area contributed by atoms with Crippen LogP contribution in [0.4, 0.5) is 0 Å². The van der Waals surface area contributed by atoms with Gasteiger partial charge >= 0.3 is 0 Å².